The quantitative estimate of drug-likeness (QED) is 0.823. The van der Waals surface area contributed by atoms with Crippen molar-refractivity contribution in [3.8, 4) is 5.75 Å². The van der Waals surface area contributed by atoms with Gasteiger partial charge in [0.25, 0.3) is 0 Å². The molecular formula is C14H19NO3. The van der Waals surface area contributed by atoms with Crippen LogP contribution in [0.2, 0.25) is 0 Å². The van der Waals surface area contributed by atoms with Gasteiger partial charge in [-0.3, -0.25) is 4.90 Å². The van der Waals surface area contributed by atoms with E-state index < -0.39 is 0 Å². The second-order valence-electron chi connectivity index (χ2n) is 4.55. The molecule has 1 aromatic carbocycles. The van der Waals surface area contributed by atoms with Gasteiger partial charge < -0.3 is 9.47 Å². The third-order valence-corrected chi connectivity index (χ3v) is 3.41. The highest BCUT2D eigenvalue weighted by Crippen LogP contribution is 2.24. The molecule has 1 aromatic rings. The highest BCUT2D eigenvalue weighted by molar-refractivity contribution is 5.70. The van der Waals surface area contributed by atoms with E-state index in [-0.39, 0.29) is 18.2 Å². The second-order valence-corrected chi connectivity index (χ2v) is 4.55. The Bertz CT molecular complexity index is 433. The second kappa shape index (κ2) is 5.29. The van der Waals surface area contributed by atoms with Crippen LogP contribution in [-0.4, -0.2) is 30.2 Å². The van der Waals surface area contributed by atoms with Crippen molar-refractivity contribution in [1.82, 2.24) is 4.90 Å². The van der Waals surface area contributed by atoms with Gasteiger partial charge in [0.2, 0.25) is 0 Å². The molecule has 98 valence electrons. The minimum Gasteiger partial charge on any atom is -0.497 e. The van der Waals surface area contributed by atoms with E-state index in [2.05, 4.69) is 0 Å². The molecule has 2 rings (SSSR count). The van der Waals surface area contributed by atoms with Gasteiger partial charge in [-0.15, -0.1) is 0 Å². The molecule has 0 N–H and O–H groups in total. The number of hydrogen-bond acceptors (Lipinski definition) is 3. The Kier molecular flexibility index (Phi) is 3.75. The molecule has 4 nitrogen and oxygen atoms in total. The predicted molar refractivity (Wildman–Crippen MR) is 68.6 cm³/mol. The molecule has 1 aliphatic rings. The molecule has 0 radical (unpaired) electrons. The third kappa shape index (κ3) is 2.42. The largest absolute Gasteiger partial charge is 0.497 e. The summed E-state index contributed by atoms with van der Waals surface area (Å²) in [6.45, 7) is 4.62. The van der Waals surface area contributed by atoms with Crippen molar-refractivity contribution in [2.24, 2.45) is 0 Å². The Morgan fingerprint density at radius 3 is 2.83 bits per heavy atom. The fourth-order valence-corrected chi connectivity index (χ4v) is 2.26. The normalized spacial score (nSPS) is 23.1. The SMILES string of the molecule is CC[C@H]1OC(=O)N(Cc2cccc(OC)c2)[C@@H]1C. The van der Waals surface area contributed by atoms with E-state index in [9.17, 15) is 4.79 Å². The van der Waals surface area contributed by atoms with Crippen LogP contribution in [0, 0.1) is 0 Å². The summed E-state index contributed by atoms with van der Waals surface area (Å²) in [5.74, 6) is 0.805. The van der Waals surface area contributed by atoms with E-state index in [1.165, 1.54) is 0 Å². The first-order valence-corrected chi connectivity index (χ1v) is 6.26. The predicted octanol–water partition coefficient (Wildman–Crippen LogP) is 2.81. The van der Waals surface area contributed by atoms with Crippen LogP contribution in [0.25, 0.3) is 0 Å². The molecule has 0 spiro atoms. The van der Waals surface area contributed by atoms with Crippen LogP contribution in [0.4, 0.5) is 4.79 Å². The molecular weight excluding hydrogens is 230 g/mol. The van der Waals surface area contributed by atoms with Crippen molar-refractivity contribution < 1.29 is 14.3 Å². The number of benzene rings is 1. The van der Waals surface area contributed by atoms with Crippen LogP contribution >= 0.6 is 0 Å². The monoisotopic (exact) mass is 249 g/mol. The lowest BCUT2D eigenvalue weighted by molar-refractivity contribution is 0.128. The van der Waals surface area contributed by atoms with E-state index in [0.717, 1.165) is 17.7 Å². The van der Waals surface area contributed by atoms with Crippen LogP contribution in [-0.2, 0) is 11.3 Å². The van der Waals surface area contributed by atoms with Crippen molar-refractivity contribution in [2.75, 3.05) is 7.11 Å². The number of amides is 1. The maximum Gasteiger partial charge on any atom is 0.410 e. The summed E-state index contributed by atoms with van der Waals surface area (Å²) in [5.41, 5.74) is 1.05. The molecule has 1 amide bonds. The Labute approximate surface area is 107 Å². The lowest BCUT2D eigenvalue weighted by Crippen LogP contribution is -2.33. The van der Waals surface area contributed by atoms with E-state index in [0.29, 0.717) is 6.54 Å². The highest BCUT2D eigenvalue weighted by atomic mass is 16.6. The van der Waals surface area contributed by atoms with Gasteiger partial charge in [0.05, 0.1) is 13.2 Å². The molecule has 0 aromatic heterocycles. The summed E-state index contributed by atoms with van der Waals surface area (Å²) in [6, 6.07) is 7.87. The first-order valence-electron chi connectivity index (χ1n) is 6.26. The van der Waals surface area contributed by atoms with Crippen molar-refractivity contribution in [2.45, 2.75) is 39.0 Å². The van der Waals surface area contributed by atoms with Gasteiger partial charge in [-0.25, -0.2) is 4.79 Å². The maximum atomic E-state index is 11.8. The summed E-state index contributed by atoms with van der Waals surface area (Å²) < 4.78 is 10.5. The van der Waals surface area contributed by atoms with Crippen molar-refractivity contribution >= 4 is 6.09 Å². The number of carbonyl (C=O) groups is 1. The fourth-order valence-electron chi connectivity index (χ4n) is 2.26. The van der Waals surface area contributed by atoms with E-state index in [4.69, 9.17) is 9.47 Å². The molecule has 0 aliphatic carbocycles. The minimum atomic E-state index is -0.225. The number of ether oxygens (including phenoxy) is 2. The highest BCUT2D eigenvalue weighted by Gasteiger charge is 2.37. The molecule has 4 heteroatoms. The van der Waals surface area contributed by atoms with Crippen molar-refractivity contribution in [1.29, 1.82) is 0 Å². The molecule has 1 aliphatic heterocycles. The van der Waals surface area contributed by atoms with Gasteiger partial charge in [-0.1, -0.05) is 19.1 Å². The van der Waals surface area contributed by atoms with Gasteiger partial charge in [0.15, 0.2) is 0 Å². The average Bonchev–Trinajstić information content (AvgIpc) is 2.66. The number of rotatable bonds is 4. The zero-order valence-electron chi connectivity index (χ0n) is 11.1. The van der Waals surface area contributed by atoms with Crippen LogP contribution < -0.4 is 4.74 Å². The summed E-state index contributed by atoms with van der Waals surface area (Å²) in [4.78, 5) is 13.6. The van der Waals surface area contributed by atoms with Gasteiger partial charge in [-0.05, 0) is 31.0 Å². The van der Waals surface area contributed by atoms with E-state index in [1.54, 1.807) is 12.0 Å². The lowest BCUT2D eigenvalue weighted by Gasteiger charge is -2.20. The summed E-state index contributed by atoms with van der Waals surface area (Å²) in [6.07, 6.45) is 0.627. The number of hydrogen-bond donors (Lipinski definition) is 0. The molecule has 0 saturated carbocycles. The molecule has 1 heterocycles. The van der Waals surface area contributed by atoms with E-state index >= 15 is 0 Å². The first-order chi connectivity index (χ1) is 8.65. The third-order valence-electron chi connectivity index (χ3n) is 3.41. The van der Waals surface area contributed by atoms with Gasteiger partial charge in [0.1, 0.15) is 11.9 Å². The van der Waals surface area contributed by atoms with Gasteiger partial charge in [0, 0.05) is 6.54 Å². The van der Waals surface area contributed by atoms with Crippen molar-refractivity contribution in [3.05, 3.63) is 29.8 Å². The molecule has 1 saturated heterocycles. The minimum absolute atomic E-state index is 0.00288. The fraction of sp³-hybridized carbons (Fsp3) is 0.500. The van der Waals surface area contributed by atoms with E-state index in [1.807, 2.05) is 38.1 Å². The summed E-state index contributed by atoms with van der Waals surface area (Å²) >= 11 is 0. The van der Waals surface area contributed by atoms with Crippen LogP contribution in [0.3, 0.4) is 0 Å². The Morgan fingerprint density at radius 1 is 1.44 bits per heavy atom. The Morgan fingerprint density at radius 2 is 2.22 bits per heavy atom. The maximum absolute atomic E-state index is 11.8. The summed E-state index contributed by atoms with van der Waals surface area (Å²) in [7, 11) is 1.64. The van der Waals surface area contributed by atoms with Gasteiger partial charge >= 0.3 is 6.09 Å². The molecule has 18 heavy (non-hydrogen) atoms. The average molecular weight is 249 g/mol. The van der Waals surface area contributed by atoms with Crippen LogP contribution in [0.1, 0.15) is 25.8 Å². The van der Waals surface area contributed by atoms with Crippen LogP contribution in [0.5, 0.6) is 5.75 Å². The molecule has 2 atom stereocenters. The number of nitrogens with zero attached hydrogens (tertiary/aromatic N) is 1. The molecule has 0 bridgehead atoms. The Balaban J connectivity index is 2.11. The molecule has 1 fully saturated rings. The smallest absolute Gasteiger partial charge is 0.410 e. The summed E-state index contributed by atoms with van der Waals surface area (Å²) in [5, 5.41) is 0. The van der Waals surface area contributed by atoms with Gasteiger partial charge in [-0.2, -0.15) is 0 Å². The van der Waals surface area contributed by atoms with Crippen LogP contribution in [0.15, 0.2) is 24.3 Å². The lowest BCUT2D eigenvalue weighted by atomic mass is 10.1. The zero-order chi connectivity index (χ0) is 13.1. The number of cyclic esters (lactones) is 1. The first kappa shape index (κ1) is 12.7. The number of carbonyl (C=O) groups excluding carboxylic acids is 1. The number of methoxy groups -OCH3 is 1. The Hall–Kier alpha value is -1.71. The molecule has 0 unspecified atom stereocenters. The topological polar surface area (TPSA) is 38.8 Å². The zero-order valence-corrected chi connectivity index (χ0v) is 11.1. The standard InChI is InChI=1S/C14H19NO3/c1-4-13-10(2)15(14(16)18-13)9-11-6-5-7-12(8-11)17-3/h5-8,10,13H,4,9H2,1-3H3/t10-,13-/m1/s1. The van der Waals surface area contributed by atoms with Crippen molar-refractivity contribution in [3.63, 3.8) is 0 Å².